The average molecular weight is 320 g/mol. The molecule has 0 aliphatic carbocycles. The van der Waals surface area contributed by atoms with E-state index in [1.54, 1.807) is 14.2 Å². The van der Waals surface area contributed by atoms with E-state index in [-0.39, 0.29) is 30.8 Å². The van der Waals surface area contributed by atoms with E-state index in [0.29, 0.717) is 26.4 Å². The second-order valence-corrected chi connectivity index (χ2v) is 4.08. The van der Waals surface area contributed by atoms with Gasteiger partial charge in [-0.15, -0.1) is 0 Å². The van der Waals surface area contributed by atoms with Gasteiger partial charge < -0.3 is 33.5 Å². The van der Waals surface area contributed by atoms with Crippen molar-refractivity contribution < 1.29 is 37.9 Å². The van der Waals surface area contributed by atoms with E-state index in [0.717, 1.165) is 6.07 Å². The molecule has 0 fully saturated rings. The first-order chi connectivity index (χ1) is 10.7. The van der Waals surface area contributed by atoms with Crippen molar-refractivity contribution in [3.63, 3.8) is 0 Å². The summed E-state index contributed by atoms with van der Waals surface area (Å²) in [5, 5.41) is 9.42. The van der Waals surface area contributed by atoms with Gasteiger partial charge >= 0.3 is 0 Å². The van der Waals surface area contributed by atoms with Gasteiger partial charge in [-0.25, -0.2) is 4.39 Å². The number of aromatic hydroxyl groups is 1. The number of ether oxygens (including phenoxy) is 6. The Morgan fingerprint density at radius 2 is 1.50 bits per heavy atom. The fourth-order valence-electron chi connectivity index (χ4n) is 1.41. The normalized spacial score (nSPS) is 10.7. The summed E-state index contributed by atoms with van der Waals surface area (Å²) in [6, 6.07) is 2.15. The Balaban J connectivity index is 2.53. The maximum atomic E-state index is 13.8. The minimum atomic E-state index is -0.762. The van der Waals surface area contributed by atoms with E-state index in [9.17, 15) is 9.50 Å². The molecule has 0 heterocycles. The smallest absolute Gasteiger partial charge is 0.200 e. The minimum Gasteiger partial charge on any atom is -0.508 e. The molecule has 0 spiro atoms. The zero-order valence-corrected chi connectivity index (χ0v) is 12.7. The van der Waals surface area contributed by atoms with Gasteiger partial charge in [-0.05, 0) is 0 Å². The lowest BCUT2D eigenvalue weighted by Crippen LogP contribution is -2.11. The van der Waals surface area contributed by atoms with Crippen LogP contribution in [-0.2, 0) is 18.9 Å². The molecule has 1 rings (SSSR count). The summed E-state index contributed by atoms with van der Waals surface area (Å²) in [5.74, 6) is -1.19. The topological polar surface area (TPSA) is 75.6 Å². The summed E-state index contributed by atoms with van der Waals surface area (Å²) in [6.45, 7) is 1.15. The van der Waals surface area contributed by atoms with Crippen LogP contribution in [0.1, 0.15) is 0 Å². The van der Waals surface area contributed by atoms with Gasteiger partial charge in [0, 0.05) is 26.4 Å². The SMILES string of the molecule is COCCOCOc1cc(O)cc(F)c1OCOCCOC. The van der Waals surface area contributed by atoms with Crippen LogP contribution in [0.4, 0.5) is 4.39 Å². The Hall–Kier alpha value is -1.61. The zero-order valence-electron chi connectivity index (χ0n) is 12.7. The number of benzene rings is 1. The van der Waals surface area contributed by atoms with Gasteiger partial charge in [0.2, 0.25) is 0 Å². The Kier molecular flexibility index (Phi) is 9.24. The fourth-order valence-corrected chi connectivity index (χ4v) is 1.41. The van der Waals surface area contributed by atoms with Crippen molar-refractivity contribution in [2.45, 2.75) is 0 Å². The van der Waals surface area contributed by atoms with Gasteiger partial charge in [-0.3, -0.25) is 0 Å². The molecule has 0 aliphatic rings. The first-order valence-corrected chi connectivity index (χ1v) is 6.60. The molecule has 0 bridgehead atoms. The Labute approximate surface area is 128 Å². The second-order valence-electron chi connectivity index (χ2n) is 4.08. The number of rotatable bonds is 12. The van der Waals surface area contributed by atoms with Crippen molar-refractivity contribution in [2.24, 2.45) is 0 Å². The van der Waals surface area contributed by atoms with E-state index in [4.69, 9.17) is 28.4 Å². The highest BCUT2D eigenvalue weighted by molar-refractivity contribution is 5.46. The third-order valence-electron chi connectivity index (χ3n) is 2.44. The number of halogens is 1. The molecule has 7 nitrogen and oxygen atoms in total. The van der Waals surface area contributed by atoms with Crippen LogP contribution in [0.3, 0.4) is 0 Å². The maximum absolute atomic E-state index is 13.8. The van der Waals surface area contributed by atoms with E-state index in [2.05, 4.69) is 0 Å². The van der Waals surface area contributed by atoms with Crippen molar-refractivity contribution in [2.75, 3.05) is 54.2 Å². The first-order valence-electron chi connectivity index (χ1n) is 6.60. The molecular formula is C14H21FO7. The number of hydrogen-bond donors (Lipinski definition) is 1. The molecule has 22 heavy (non-hydrogen) atoms. The van der Waals surface area contributed by atoms with Crippen LogP contribution in [-0.4, -0.2) is 59.3 Å². The number of hydrogen-bond acceptors (Lipinski definition) is 7. The zero-order chi connectivity index (χ0) is 16.2. The van der Waals surface area contributed by atoms with Crippen molar-refractivity contribution in [3.05, 3.63) is 17.9 Å². The van der Waals surface area contributed by atoms with Gasteiger partial charge in [0.1, 0.15) is 5.75 Å². The summed E-state index contributed by atoms with van der Waals surface area (Å²) in [5.41, 5.74) is 0. The molecule has 1 aromatic carbocycles. The van der Waals surface area contributed by atoms with Crippen LogP contribution in [0.2, 0.25) is 0 Å². The molecule has 0 aliphatic heterocycles. The quantitative estimate of drug-likeness (QED) is 0.462. The van der Waals surface area contributed by atoms with Crippen molar-refractivity contribution >= 4 is 0 Å². The number of phenols is 1. The van der Waals surface area contributed by atoms with Gasteiger partial charge in [-0.2, -0.15) is 0 Å². The molecule has 0 radical (unpaired) electrons. The van der Waals surface area contributed by atoms with Crippen molar-refractivity contribution in [3.8, 4) is 17.2 Å². The molecule has 0 atom stereocenters. The number of phenolic OH excluding ortho intramolecular Hbond substituents is 1. The van der Waals surface area contributed by atoms with Crippen molar-refractivity contribution in [1.29, 1.82) is 0 Å². The predicted molar refractivity (Wildman–Crippen MR) is 74.7 cm³/mol. The largest absolute Gasteiger partial charge is 0.508 e. The summed E-state index contributed by atoms with van der Waals surface area (Å²) >= 11 is 0. The molecule has 0 amide bonds. The van der Waals surface area contributed by atoms with Gasteiger partial charge in [0.25, 0.3) is 0 Å². The van der Waals surface area contributed by atoms with Crippen LogP contribution in [0, 0.1) is 5.82 Å². The molecule has 8 heteroatoms. The third-order valence-corrected chi connectivity index (χ3v) is 2.44. The molecule has 0 saturated heterocycles. The lowest BCUT2D eigenvalue weighted by Gasteiger charge is -2.14. The second kappa shape index (κ2) is 11.0. The summed E-state index contributed by atoms with van der Waals surface area (Å²) in [7, 11) is 3.09. The molecule has 0 aromatic heterocycles. The molecule has 1 aromatic rings. The average Bonchev–Trinajstić information content (AvgIpc) is 2.48. The van der Waals surface area contributed by atoms with E-state index < -0.39 is 5.82 Å². The van der Waals surface area contributed by atoms with Crippen LogP contribution in [0.5, 0.6) is 17.2 Å². The minimum absolute atomic E-state index is 0.0188. The lowest BCUT2D eigenvalue weighted by molar-refractivity contribution is -0.0221. The monoisotopic (exact) mass is 320 g/mol. The predicted octanol–water partition coefficient (Wildman–Crippen LogP) is 1.53. The number of methoxy groups -OCH3 is 2. The maximum Gasteiger partial charge on any atom is 0.200 e. The highest BCUT2D eigenvalue weighted by Crippen LogP contribution is 2.34. The van der Waals surface area contributed by atoms with Crippen LogP contribution >= 0.6 is 0 Å². The Morgan fingerprint density at radius 3 is 2.09 bits per heavy atom. The molecular weight excluding hydrogens is 299 g/mol. The Morgan fingerprint density at radius 1 is 0.909 bits per heavy atom. The summed E-state index contributed by atoms with van der Waals surface area (Å²) in [4.78, 5) is 0. The van der Waals surface area contributed by atoms with Crippen LogP contribution in [0.25, 0.3) is 0 Å². The van der Waals surface area contributed by atoms with Gasteiger partial charge in [0.15, 0.2) is 30.9 Å². The fraction of sp³-hybridized carbons (Fsp3) is 0.571. The molecule has 0 unspecified atom stereocenters. The van der Waals surface area contributed by atoms with E-state index in [1.165, 1.54) is 6.07 Å². The lowest BCUT2D eigenvalue weighted by atomic mass is 10.3. The van der Waals surface area contributed by atoms with Gasteiger partial charge in [0.05, 0.1) is 26.4 Å². The summed E-state index contributed by atoms with van der Waals surface area (Å²) < 4.78 is 44.1. The molecule has 0 saturated carbocycles. The highest BCUT2D eigenvalue weighted by atomic mass is 19.1. The Bertz CT molecular complexity index is 428. The van der Waals surface area contributed by atoms with Crippen LogP contribution < -0.4 is 9.47 Å². The molecule has 126 valence electrons. The van der Waals surface area contributed by atoms with Crippen molar-refractivity contribution in [1.82, 2.24) is 0 Å². The first kappa shape index (κ1) is 18.4. The third kappa shape index (κ3) is 6.90. The molecule has 1 N–H and O–H groups in total. The van der Waals surface area contributed by atoms with Crippen LogP contribution in [0.15, 0.2) is 12.1 Å². The highest BCUT2D eigenvalue weighted by Gasteiger charge is 2.14. The standard InChI is InChI=1S/C14H21FO7/c1-17-3-5-19-9-21-13-8-11(16)7-12(15)14(13)22-10-20-6-4-18-2/h7-8,16H,3-6,9-10H2,1-2H3. The summed E-state index contributed by atoms with van der Waals surface area (Å²) in [6.07, 6.45) is 0. The van der Waals surface area contributed by atoms with E-state index in [1.807, 2.05) is 0 Å². The van der Waals surface area contributed by atoms with E-state index >= 15 is 0 Å². The van der Waals surface area contributed by atoms with Gasteiger partial charge in [-0.1, -0.05) is 0 Å².